The van der Waals surface area contributed by atoms with Crippen molar-refractivity contribution >= 4 is 18.0 Å². The maximum absolute atomic E-state index is 11.8. The number of nitrogens with zero attached hydrogens (tertiary/aromatic N) is 1. The third-order valence-electron chi connectivity index (χ3n) is 2.44. The van der Waals surface area contributed by atoms with Crippen molar-refractivity contribution in [1.82, 2.24) is 5.32 Å². The Morgan fingerprint density at radius 1 is 1.13 bits per heavy atom. The van der Waals surface area contributed by atoms with Gasteiger partial charge in [-0.05, 0) is 20.8 Å². The highest BCUT2D eigenvalue weighted by atomic mass is 16.6. The Balaban J connectivity index is 5.16. The van der Waals surface area contributed by atoms with Crippen molar-refractivity contribution in [2.75, 3.05) is 14.2 Å². The molecule has 0 aromatic rings. The number of carbonyl (C=O) groups is 3. The fraction of sp³-hybridized carbons (Fsp3) is 0.600. The molecule has 1 N–H and O–H groups in total. The second-order valence-electron chi connectivity index (χ2n) is 5.41. The van der Waals surface area contributed by atoms with Gasteiger partial charge < -0.3 is 19.5 Å². The van der Waals surface area contributed by atoms with Crippen molar-refractivity contribution < 1.29 is 28.6 Å². The van der Waals surface area contributed by atoms with Gasteiger partial charge in [-0.15, -0.1) is 0 Å². The number of methoxy groups -OCH3 is 2. The third kappa shape index (κ3) is 8.32. The summed E-state index contributed by atoms with van der Waals surface area (Å²) in [5.74, 6) is 1.87. The minimum Gasteiger partial charge on any atom is -0.468 e. The number of hydrogen-bond acceptors (Lipinski definition) is 7. The molecule has 0 aromatic heterocycles. The second kappa shape index (κ2) is 9.31. The zero-order valence-electron chi connectivity index (χ0n) is 13.8. The Kier molecular flexibility index (Phi) is 8.20. The standard InChI is InChI=1S/C15H20N2O6/c1-15(2,3)23-14(20)17-11(13(19)22-5)9-10(7-6-8-16)12(18)21-4/h10-11H,9H2,1-5H3,(H,17,20)/t10-,11-/m0/s1. The van der Waals surface area contributed by atoms with Crippen LogP contribution in [0.25, 0.3) is 0 Å². The van der Waals surface area contributed by atoms with E-state index in [0.717, 1.165) is 14.2 Å². The summed E-state index contributed by atoms with van der Waals surface area (Å²) in [5, 5.41) is 10.8. The van der Waals surface area contributed by atoms with Crippen LogP contribution in [-0.4, -0.2) is 43.9 Å². The largest absolute Gasteiger partial charge is 0.468 e. The number of esters is 2. The number of hydrogen-bond donors (Lipinski definition) is 1. The highest BCUT2D eigenvalue weighted by Gasteiger charge is 2.30. The van der Waals surface area contributed by atoms with Crippen LogP contribution in [0.1, 0.15) is 27.2 Å². The lowest BCUT2D eigenvalue weighted by Crippen LogP contribution is -2.45. The van der Waals surface area contributed by atoms with E-state index in [4.69, 9.17) is 10.00 Å². The van der Waals surface area contributed by atoms with E-state index in [-0.39, 0.29) is 6.42 Å². The molecule has 0 saturated heterocycles. The first kappa shape index (κ1) is 20.3. The van der Waals surface area contributed by atoms with Crippen LogP contribution in [0.2, 0.25) is 0 Å². The highest BCUT2D eigenvalue weighted by Crippen LogP contribution is 2.12. The number of alkyl carbamates (subject to hydrolysis) is 1. The number of rotatable bonds is 5. The van der Waals surface area contributed by atoms with Gasteiger partial charge in [0.05, 0.1) is 14.2 Å². The molecule has 0 aromatic carbocycles. The van der Waals surface area contributed by atoms with Gasteiger partial charge in [0.2, 0.25) is 0 Å². The zero-order chi connectivity index (χ0) is 18.0. The summed E-state index contributed by atoms with van der Waals surface area (Å²) in [7, 11) is 2.29. The Bertz CT molecular complexity index is 547. The summed E-state index contributed by atoms with van der Waals surface area (Å²) in [6.45, 7) is 4.99. The van der Waals surface area contributed by atoms with E-state index in [2.05, 4.69) is 26.6 Å². The minimum atomic E-state index is -1.17. The highest BCUT2D eigenvalue weighted by molar-refractivity contribution is 5.83. The topological polar surface area (TPSA) is 115 Å². The summed E-state index contributed by atoms with van der Waals surface area (Å²) in [5.41, 5.74) is -0.757. The predicted molar refractivity (Wildman–Crippen MR) is 78.7 cm³/mol. The van der Waals surface area contributed by atoms with Gasteiger partial charge in [0.25, 0.3) is 0 Å². The molecule has 0 aliphatic carbocycles. The predicted octanol–water partition coefficient (Wildman–Crippen LogP) is 0.759. The maximum Gasteiger partial charge on any atom is 0.408 e. The summed E-state index contributed by atoms with van der Waals surface area (Å²) in [6.07, 6.45) is -1.06. The van der Waals surface area contributed by atoms with Gasteiger partial charge in [-0.25, -0.2) is 9.59 Å². The van der Waals surface area contributed by atoms with Crippen LogP contribution in [0, 0.1) is 29.1 Å². The average molecular weight is 324 g/mol. The summed E-state index contributed by atoms with van der Waals surface area (Å²) < 4.78 is 14.2. The molecule has 23 heavy (non-hydrogen) atoms. The molecule has 0 rings (SSSR count). The number of carbonyl (C=O) groups excluding carboxylic acids is 3. The molecule has 126 valence electrons. The molecule has 2 atom stereocenters. The molecule has 8 heteroatoms. The lowest BCUT2D eigenvalue weighted by molar-refractivity contribution is -0.146. The van der Waals surface area contributed by atoms with Gasteiger partial charge in [-0.1, -0.05) is 5.92 Å². The fourth-order valence-electron chi connectivity index (χ4n) is 1.52. The first-order valence-electron chi connectivity index (χ1n) is 6.69. The zero-order valence-corrected chi connectivity index (χ0v) is 13.8. The molecule has 0 heterocycles. The molecule has 0 bridgehead atoms. The van der Waals surface area contributed by atoms with Crippen LogP contribution >= 0.6 is 0 Å². The summed E-state index contributed by atoms with van der Waals surface area (Å²) in [4.78, 5) is 35.2. The van der Waals surface area contributed by atoms with Crippen molar-refractivity contribution in [1.29, 1.82) is 5.26 Å². The smallest absolute Gasteiger partial charge is 0.408 e. The van der Waals surface area contributed by atoms with E-state index >= 15 is 0 Å². The molecule has 0 unspecified atom stereocenters. The SMILES string of the molecule is COC(=O)[C@H](C[C@H](C#CC#N)C(=O)OC)NC(=O)OC(C)(C)C. The van der Waals surface area contributed by atoms with E-state index in [1.807, 2.05) is 0 Å². The molecule has 0 saturated carbocycles. The van der Waals surface area contributed by atoms with Gasteiger partial charge in [-0.3, -0.25) is 4.79 Å². The van der Waals surface area contributed by atoms with Gasteiger partial charge in [-0.2, -0.15) is 5.26 Å². The second-order valence-corrected chi connectivity index (χ2v) is 5.41. The molecule has 0 radical (unpaired) electrons. The molecule has 1 amide bonds. The lowest BCUT2D eigenvalue weighted by atomic mass is 10.0. The van der Waals surface area contributed by atoms with E-state index in [0.29, 0.717) is 0 Å². The Morgan fingerprint density at radius 3 is 2.13 bits per heavy atom. The van der Waals surface area contributed by atoms with E-state index < -0.39 is 35.6 Å². The third-order valence-corrected chi connectivity index (χ3v) is 2.44. The van der Waals surface area contributed by atoms with Crippen molar-refractivity contribution in [2.24, 2.45) is 5.92 Å². The van der Waals surface area contributed by atoms with Crippen LogP contribution < -0.4 is 5.32 Å². The normalized spacial score (nSPS) is 12.5. The van der Waals surface area contributed by atoms with Gasteiger partial charge in [0.15, 0.2) is 6.07 Å². The molecular weight excluding hydrogens is 304 g/mol. The molecule has 8 nitrogen and oxygen atoms in total. The van der Waals surface area contributed by atoms with Crippen molar-refractivity contribution in [3.63, 3.8) is 0 Å². The Labute approximate surface area is 135 Å². The molecular formula is C15H20N2O6. The Hall–Kier alpha value is -2.74. The van der Waals surface area contributed by atoms with E-state index in [9.17, 15) is 14.4 Å². The number of nitrogens with one attached hydrogen (secondary N) is 1. The summed E-state index contributed by atoms with van der Waals surface area (Å²) >= 11 is 0. The molecule has 0 aliphatic heterocycles. The maximum atomic E-state index is 11.8. The van der Waals surface area contributed by atoms with Crippen molar-refractivity contribution in [3.05, 3.63) is 0 Å². The molecule has 0 fully saturated rings. The average Bonchev–Trinajstić information content (AvgIpc) is 2.46. The monoisotopic (exact) mass is 324 g/mol. The fourth-order valence-corrected chi connectivity index (χ4v) is 1.52. The summed E-state index contributed by atoms with van der Waals surface area (Å²) in [6, 6.07) is 0.394. The minimum absolute atomic E-state index is 0.215. The van der Waals surface area contributed by atoms with Crippen molar-refractivity contribution in [3.8, 4) is 17.9 Å². The van der Waals surface area contributed by atoms with Crippen LogP contribution in [0.4, 0.5) is 4.79 Å². The Morgan fingerprint density at radius 2 is 1.70 bits per heavy atom. The van der Waals surface area contributed by atoms with E-state index in [1.165, 1.54) is 0 Å². The van der Waals surface area contributed by atoms with Crippen LogP contribution in [0.3, 0.4) is 0 Å². The number of nitriles is 1. The molecule has 0 aliphatic rings. The number of ether oxygens (including phenoxy) is 3. The van der Waals surface area contributed by atoms with Crippen LogP contribution in [0.5, 0.6) is 0 Å². The number of amides is 1. The van der Waals surface area contributed by atoms with Gasteiger partial charge in [0.1, 0.15) is 17.6 Å². The van der Waals surface area contributed by atoms with Crippen molar-refractivity contribution in [2.45, 2.75) is 38.8 Å². The quantitative estimate of drug-likeness (QED) is 0.451. The first-order valence-corrected chi connectivity index (χ1v) is 6.69. The lowest BCUT2D eigenvalue weighted by Gasteiger charge is -2.23. The van der Waals surface area contributed by atoms with Crippen LogP contribution in [-0.2, 0) is 23.8 Å². The van der Waals surface area contributed by atoms with Gasteiger partial charge in [0, 0.05) is 12.3 Å². The molecule has 0 spiro atoms. The van der Waals surface area contributed by atoms with E-state index in [1.54, 1.807) is 26.8 Å². The first-order chi connectivity index (χ1) is 10.6. The van der Waals surface area contributed by atoms with Crippen LogP contribution in [0.15, 0.2) is 0 Å². The van der Waals surface area contributed by atoms with Gasteiger partial charge >= 0.3 is 18.0 Å².